The van der Waals surface area contributed by atoms with Crippen molar-refractivity contribution < 1.29 is 17.9 Å². The summed E-state index contributed by atoms with van der Waals surface area (Å²) in [6, 6.07) is 16.0. The van der Waals surface area contributed by atoms with Crippen LogP contribution in [-0.4, -0.2) is 43.4 Å². The fourth-order valence-electron chi connectivity index (χ4n) is 3.04. The van der Waals surface area contributed by atoms with Crippen LogP contribution >= 0.6 is 11.3 Å². The van der Waals surface area contributed by atoms with Gasteiger partial charge in [-0.1, -0.05) is 0 Å². The van der Waals surface area contributed by atoms with E-state index in [1.165, 1.54) is 11.3 Å². The van der Waals surface area contributed by atoms with Gasteiger partial charge in [-0.3, -0.25) is 0 Å². The third kappa shape index (κ3) is 5.21. The standard InChI is InChI=1S/C22H22N4O4S2/c1-3-29-17-6-4-16(5-7-17)19-10-11-22(26-25-19)30-13-12-23-32(27,28)18-8-9-20-21(14-18)31-15(2)24-20/h4-11,14,23H,3,12-13H2,1-2H3. The number of benzene rings is 2. The molecule has 0 aliphatic rings. The van der Waals surface area contributed by atoms with E-state index >= 15 is 0 Å². The Morgan fingerprint density at radius 1 is 1.00 bits per heavy atom. The second kappa shape index (κ2) is 9.60. The molecule has 0 unspecified atom stereocenters. The number of fused-ring (bicyclic) bond motifs is 1. The number of aryl methyl sites for hydroxylation is 1. The van der Waals surface area contributed by atoms with Gasteiger partial charge in [-0.2, -0.15) is 0 Å². The second-order valence-corrected chi connectivity index (χ2v) is 9.82. The van der Waals surface area contributed by atoms with E-state index < -0.39 is 10.0 Å². The van der Waals surface area contributed by atoms with Crippen molar-refractivity contribution in [1.82, 2.24) is 19.9 Å². The highest BCUT2D eigenvalue weighted by atomic mass is 32.2. The Balaban J connectivity index is 1.31. The highest BCUT2D eigenvalue weighted by molar-refractivity contribution is 7.89. The Morgan fingerprint density at radius 2 is 1.81 bits per heavy atom. The zero-order valence-electron chi connectivity index (χ0n) is 17.6. The van der Waals surface area contributed by atoms with E-state index in [9.17, 15) is 8.42 Å². The van der Waals surface area contributed by atoms with E-state index in [4.69, 9.17) is 9.47 Å². The molecule has 0 saturated carbocycles. The number of thiazole rings is 1. The van der Waals surface area contributed by atoms with Crippen molar-refractivity contribution in [2.75, 3.05) is 19.8 Å². The molecule has 4 rings (SSSR count). The summed E-state index contributed by atoms with van der Waals surface area (Å²) in [5, 5.41) is 9.12. The van der Waals surface area contributed by atoms with Crippen LogP contribution < -0.4 is 14.2 Å². The molecule has 0 saturated heterocycles. The molecule has 0 fully saturated rings. The van der Waals surface area contributed by atoms with E-state index in [1.54, 1.807) is 30.3 Å². The molecule has 0 radical (unpaired) electrons. The summed E-state index contributed by atoms with van der Waals surface area (Å²) < 4.78 is 39.4. The quantitative estimate of drug-likeness (QED) is 0.371. The Hall–Kier alpha value is -3.08. The number of nitrogens with zero attached hydrogens (tertiary/aromatic N) is 3. The molecule has 0 aliphatic carbocycles. The lowest BCUT2D eigenvalue weighted by Crippen LogP contribution is -2.28. The van der Waals surface area contributed by atoms with E-state index in [0.717, 1.165) is 26.5 Å². The Bertz CT molecular complexity index is 1300. The van der Waals surface area contributed by atoms with Crippen LogP contribution in [0.2, 0.25) is 0 Å². The van der Waals surface area contributed by atoms with Gasteiger partial charge in [0.1, 0.15) is 12.4 Å². The maximum Gasteiger partial charge on any atom is 0.240 e. The fraction of sp³-hybridized carbons (Fsp3) is 0.227. The topological polar surface area (TPSA) is 103 Å². The first-order chi connectivity index (χ1) is 15.4. The first-order valence-corrected chi connectivity index (χ1v) is 12.3. The highest BCUT2D eigenvalue weighted by Gasteiger charge is 2.15. The van der Waals surface area contributed by atoms with Crippen molar-refractivity contribution in [3.63, 3.8) is 0 Å². The van der Waals surface area contributed by atoms with Gasteiger partial charge in [0.25, 0.3) is 0 Å². The molecule has 0 bridgehead atoms. The minimum absolute atomic E-state index is 0.102. The molecule has 166 valence electrons. The van der Waals surface area contributed by atoms with Crippen LogP contribution in [0.5, 0.6) is 11.6 Å². The van der Waals surface area contributed by atoms with Crippen LogP contribution in [0.3, 0.4) is 0 Å². The second-order valence-electron chi connectivity index (χ2n) is 6.82. The lowest BCUT2D eigenvalue weighted by Gasteiger charge is -2.08. The summed E-state index contributed by atoms with van der Waals surface area (Å²) in [5.74, 6) is 1.12. The Morgan fingerprint density at radius 3 is 2.53 bits per heavy atom. The summed E-state index contributed by atoms with van der Waals surface area (Å²) in [6.07, 6.45) is 0. The number of hydrogen-bond acceptors (Lipinski definition) is 8. The van der Waals surface area contributed by atoms with E-state index in [1.807, 2.05) is 38.1 Å². The molecule has 2 heterocycles. The molecule has 8 nitrogen and oxygen atoms in total. The molecule has 32 heavy (non-hydrogen) atoms. The minimum Gasteiger partial charge on any atom is -0.494 e. The van der Waals surface area contributed by atoms with Gasteiger partial charge >= 0.3 is 0 Å². The van der Waals surface area contributed by atoms with Crippen molar-refractivity contribution in [3.05, 3.63) is 59.6 Å². The smallest absolute Gasteiger partial charge is 0.240 e. The highest BCUT2D eigenvalue weighted by Crippen LogP contribution is 2.24. The molecular formula is C22H22N4O4S2. The Labute approximate surface area is 190 Å². The van der Waals surface area contributed by atoms with Crippen LogP contribution in [0.25, 0.3) is 21.5 Å². The molecular weight excluding hydrogens is 448 g/mol. The summed E-state index contributed by atoms with van der Waals surface area (Å²) in [6.45, 7) is 4.67. The van der Waals surface area contributed by atoms with Crippen LogP contribution in [0.1, 0.15) is 11.9 Å². The van der Waals surface area contributed by atoms with Crippen molar-refractivity contribution >= 4 is 31.6 Å². The van der Waals surface area contributed by atoms with Crippen molar-refractivity contribution in [1.29, 1.82) is 0 Å². The van der Waals surface area contributed by atoms with Crippen LogP contribution in [-0.2, 0) is 10.0 Å². The van der Waals surface area contributed by atoms with Gasteiger partial charge in [0.05, 0.1) is 32.4 Å². The van der Waals surface area contributed by atoms with Gasteiger partial charge in [0.2, 0.25) is 15.9 Å². The lowest BCUT2D eigenvalue weighted by molar-refractivity contribution is 0.307. The predicted molar refractivity (Wildman–Crippen MR) is 124 cm³/mol. The molecule has 0 amide bonds. The number of ether oxygens (including phenoxy) is 2. The monoisotopic (exact) mass is 470 g/mol. The first-order valence-electron chi connectivity index (χ1n) is 10.0. The number of sulfonamides is 1. The van der Waals surface area contributed by atoms with Gasteiger partial charge in [-0.15, -0.1) is 21.5 Å². The lowest BCUT2D eigenvalue weighted by atomic mass is 10.1. The number of aromatic nitrogens is 3. The summed E-state index contributed by atoms with van der Waals surface area (Å²) >= 11 is 1.46. The molecule has 2 aromatic heterocycles. The third-order valence-corrected chi connectivity index (χ3v) is 6.91. The molecule has 0 spiro atoms. The molecule has 2 aromatic carbocycles. The first kappa shape index (κ1) is 22.1. The average molecular weight is 471 g/mol. The molecule has 4 aromatic rings. The number of hydrogen-bond donors (Lipinski definition) is 1. The van der Waals surface area contributed by atoms with Gasteiger partial charge in [-0.05, 0) is 62.4 Å². The normalized spacial score (nSPS) is 11.6. The zero-order chi connectivity index (χ0) is 22.6. The number of rotatable bonds is 9. The van der Waals surface area contributed by atoms with Gasteiger partial charge in [0.15, 0.2) is 0 Å². The van der Waals surface area contributed by atoms with Crippen LogP contribution in [0, 0.1) is 6.92 Å². The fourth-order valence-corrected chi connectivity index (χ4v) is 5.02. The summed E-state index contributed by atoms with van der Waals surface area (Å²) in [7, 11) is -3.64. The van der Waals surface area contributed by atoms with Crippen molar-refractivity contribution in [2.45, 2.75) is 18.7 Å². The summed E-state index contributed by atoms with van der Waals surface area (Å²) in [5.41, 5.74) is 2.41. The maximum atomic E-state index is 12.5. The molecule has 0 atom stereocenters. The third-order valence-electron chi connectivity index (χ3n) is 4.52. The number of nitrogens with one attached hydrogen (secondary N) is 1. The van der Waals surface area contributed by atoms with Gasteiger partial charge < -0.3 is 9.47 Å². The van der Waals surface area contributed by atoms with E-state index in [2.05, 4.69) is 19.9 Å². The van der Waals surface area contributed by atoms with Gasteiger partial charge in [0, 0.05) is 18.2 Å². The summed E-state index contributed by atoms with van der Waals surface area (Å²) in [4.78, 5) is 4.55. The largest absolute Gasteiger partial charge is 0.494 e. The predicted octanol–water partition coefficient (Wildman–Crippen LogP) is 3.82. The van der Waals surface area contributed by atoms with Crippen molar-refractivity contribution in [2.24, 2.45) is 0 Å². The molecule has 10 heteroatoms. The van der Waals surface area contributed by atoms with Crippen LogP contribution in [0.4, 0.5) is 0 Å². The Kier molecular flexibility index (Phi) is 6.63. The minimum atomic E-state index is -3.64. The van der Waals surface area contributed by atoms with Crippen molar-refractivity contribution in [3.8, 4) is 22.9 Å². The SMILES string of the molecule is CCOc1ccc(-c2ccc(OCCNS(=O)(=O)c3ccc4nc(C)sc4c3)nn2)cc1. The zero-order valence-corrected chi connectivity index (χ0v) is 19.2. The average Bonchev–Trinajstić information content (AvgIpc) is 3.17. The molecule has 0 aliphatic heterocycles. The van der Waals surface area contributed by atoms with Gasteiger partial charge in [-0.25, -0.2) is 18.1 Å². The van der Waals surface area contributed by atoms with Crippen LogP contribution in [0.15, 0.2) is 59.5 Å². The van der Waals surface area contributed by atoms with E-state index in [-0.39, 0.29) is 18.0 Å². The molecule has 1 N–H and O–H groups in total. The maximum absolute atomic E-state index is 12.5. The van der Waals surface area contributed by atoms with E-state index in [0.29, 0.717) is 18.2 Å².